The van der Waals surface area contributed by atoms with Crippen molar-refractivity contribution in [3.05, 3.63) is 64.2 Å². The predicted molar refractivity (Wildman–Crippen MR) is 109 cm³/mol. The van der Waals surface area contributed by atoms with Crippen LogP contribution in [0.5, 0.6) is 0 Å². The first kappa shape index (κ1) is 19.3. The van der Waals surface area contributed by atoms with Gasteiger partial charge in [0.25, 0.3) is 5.56 Å². The Labute approximate surface area is 167 Å². The lowest BCUT2D eigenvalue weighted by molar-refractivity contribution is -0.115. The van der Waals surface area contributed by atoms with Gasteiger partial charge in [-0.25, -0.2) is 18.1 Å². The number of carbonyl (C=O) groups excluding carboxylic acids is 1. The van der Waals surface area contributed by atoms with Crippen LogP contribution >= 0.6 is 0 Å². The van der Waals surface area contributed by atoms with Crippen molar-refractivity contribution < 1.29 is 13.2 Å². The van der Waals surface area contributed by atoms with E-state index in [1.165, 1.54) is 12.1 Å². The lowest BCUT2D eigenvalue weighted by Gasteiger charge is -2.10. The Morgan fingerprint density at radius 2 is 1.93 bits per heavy atom. The molecule has 0 spiro atoms. The summed E-state index contributed by atoms with van der Waals surface area (Å²) in [4.78, 5) is 29.3. The maximum atomic E-state index is 12.5. The van der Waals surface area contributed by atoms with Gasteiger partial charge in [0, 0.05) is 18.7 Å². The van der Waals surface area contributed by atoms with Crippen LogP contribution in [0.1, 0.15) is 17.8 Å². The average Bonchev–Trinajstić information content (AvgIpc) is 3.16. The molecule has 0 saturated heterocycles. The molecule has 1 aliphatic rings. The number of hydrogen-bond acceptors (Lipinski definition) is 5. The molecule has 4 rings (SSSR count). The summed E-state index contributed by atoms with van der Waals surface area (Å²) in [6.45, 7) is 2.13. The normalized spacial score (nSPS) is 13.4. The molecule has 0 bridgehead atoms. The van der Waals surface area contributed by atoms with Crippen LogP contribution in [-0.4, -0.2) is 30.4 Å². The number of anilines is 1. The zero-order valence-electron chi connectivity index (χ0n) is 15.8. The molecule has 2 N–H and O–H groups in total. The molecule has 8 nitrogen and oxygen atoms in total. The number of hydrogen-bond donors (Lipinski definition) is 2. The first-order valence-corrected chi connectivity index (χ1v) is 10.7. The van der Waals surface area contributed by atoms with Crippen LogP contribution in [0.4, 0.5) is 5.69 Å². The van der Waals surface area contributed by atoms with Gasteiger partial charge >= 0.3 is 0 Å². The molecule has 0 unspecified atom stereocenters. The lowest BCUT2D eigenvalue weighted by Crippen LogP contribution is -2.32. The number of amides is 1. The molecule has 29 heavy (non-hydrogen) atoms. The Balaban J connectivity index is 1.47. The third-order valence-corrected chi connectivity index (χ3v) is 6.27. The Kier molecular flexibility index (Phi) is 4.93. The topological polar surface area (TPSA) is 110 Å². The third-order valence-electron chi connectivity index (χ3n) is 4.85. The molecule has 150 valence electrons. The van der Waals surface area contributed by atoms with Crippen LogP contribution in [-0.2, 0) is 27.8 Å². The molecule has 0 fully saturated rings. The molecule has 2 heterocycles. The molecule has 2 aromatic carbocycles. The van der Waals surface area contributed by atoms with E-state index in [1.54, 1.807) is 34.9 Å². The monoisotopic (exact) mass is 412 g/mol. The molecule has 9 heteroatoms. The summed E-state index contributed by atoms with van der Waals surface area (Å²) in [6.07, 6.45) is 1.64. The van der Waals surface area contributed by atoms with Crippen molar-refractivity contribution in [2.45, 2.75) is 31.2 Å². The van der Waals surface area contributed by atoms with E-state index in [4.69, 9.17) is 0 Å². The van der Waals surface area contributed by atoms with E-state index in [9.17, 15) is 18.0 Å². The van der Waals surface area contributed by atoms with Gasteiger partial charge in [-0.2, -0.15) is 0 Å². The zero-order chi connectivity index (χ0) is 20.6. The van der Waals surface area contributed by atoms with Gasteiger partial charge in [-0.1, -0.05) is 17.7 Å². The van der Waals surface area contributed by atoms with Crippen LogP contribution in [0.3, 0.4) is 0 Å². The largest absolute Gasteiger partial charge is 0.325 e. The molecule has 0 aliphatic carbocycles. The maximum Gasteiger partial charge on any atom is 0.261 e. The average molecular weight is 412 g/mol. The number of benzene rings is 2. The van der Waals surface area contributed by atoms with Crippen LogP contribution < -0.4 is 15.6 Å². The second-order valence-electron chi connectivity index (χ2n) is 7.01. The predicted octanol–water partition coefficient (Wildman–Crippen LogP) is 1.57. The number of sulfonamides is 1. The first-order valence-electron chi connectivity index (χ1n) is 9.23. The number of aromatic nitrogens is 2. The Morgan fingerprint density at radius 1 is 1.17 bits per heavy atom. The van der Waals surface area contributed by atoms with Gasteiger partial charge in [0.05, 0.1) is 22.3 Å². The fraction of sp³-hybridized carbons (Fsp3) is 0.250. The minimum Gasteiger partial charge on any atom is -0.325 e. The zero-order valence-corrected chi connectivity index (χ0v) is 16.6. The van der Waals surface area contributed by atoms with Crippen molar-refractivity contribution in [3.63, 3.8) is 0 Å². The van der Waals surface area contributed by atoms with Crippen molar-refractivity contribution in [3.8, 4) is 0 Å². The number of carbonyl (C=O) groups is 1. The molecule has 0 saturated carbocycles. The lowest BCUT2D eigenvalue weighted by atomic mass is 10.2. The van der Waals surface area contributed by atoms with Gasteiger partial charge < -0.3 is 5.32 Å². The summed E-state index contributed by atoms with van der Waals surface area (Å²) in [5.74, 6) is 0.231. The second-order valence-corrected chi connectivity index (χ2v) is 8.77. The smallest absolute Gasteiger partial charge is 0.261 e. The van der Waals surface area contributed by atoms with Crippen molar-refractivity contribution in [2.75, 3.05) is 11.9 Å². The van der Waals surface area contributed by atoms with E-state index >= 15 is 0 Å². The summed E-state index contributed by atoms with van der Waals surface area (Å²) < 4.78 is 28.5. The second kappa shape index (κ2) is 7.41. The van der Waals surface area contributed by atoms with E-state index < -0.39 is 22.5 Å². The first-order chi connectivity index (χ1) is 13.8. The summed E-state index contributed by atoms with van der Waals surface area (Å²) in [6, 6.07) is 11.2. The van der Waals surface area contributed by atoms with Gasteiger partial charge in [-0.3, -0.25) is 14.2 Å². The van der Waals surface area contributed by atoms with Crippen LogP contribution in [0.25, 0.3) is 10.9 Å². The molecule has 1 amide bonds. The maximum absolute atomic E-state index is 12.5. The van der Waals surface area contributed by atoms with E-state index in [0.29, 0.717) is 23.1 Å². The molecule has 1 aliphatic heterocycles. The van der Waals surface area contributed by atoms with Crippen molar-refractivity contribution in [1.82, 2.24) is 14.3 Å². The minimum absolute atomic E-state index is 0.0776. The molecular weight excluding hydrogens is 392 g/mol. The Bertz CT molecular complexity index is 1260. The van der Waals surface area contributed by atoms with E-state index in [-0.39, 0.29) is 10.5 Å². The molecular formula is C20H20N4O4S. The van der Waals surface area contributed by atoms with Gasteiger partial charge in [0.15, 0.2) is 0 Å². The standard InChI is InChI=1S/C20H20N4O4S/c1-13-4-7-15(8-5-13)29(27,28)21-12-19(25)22-14-6-9-16-17(11-14)23-18-3-2-10-24(18)20(16)26/h4-9,11,21H,2-3,10,12H2,1H3,(H,22,25). The van der Waals surface area contributed by atoms with E-state index in [2.05, 4.69) is 15.0 Å². The van der Waals surface area contributed by atoms with Crippen LogP contribution in [0, 0.1) is 6.92 Å². The third kappa shape index (κ3) is 3.92. The number of fused-ring (bicyclic) bond motifs is 2. The fourth-order valence-electron chi connectivity index (χ4n) is 3.33. The van der Waals surface area contributed by atoms with E-state index in [0.717, 1.165) is 24.2 Å². The fourth-order valence-corrected chi connectivity index (χ4v) is 4.31. The highest BCUT2D eigenvalue weighted by Crippen LogP contribution is 2.18. The van der Waals surface area contributed by atoms with Crippen molar-refractivity contribution in [2.24, 2.45) is 0 Å². The van der Waals surface area contributed by atoms with Gasteiger partial charge in [-0.05, 0) is 43.7 Å². The van der Waals surface area contributed by atoms with Crippen LogP contribution in [0.15, 0.2) is 52.2 Å². The quantitative estimate of drug-likeness (QED) is 0.661. The summed E-state index contributed by atoms with van der Waals surface area (Å²) in [5, 5.41) is 3.13. The van der Waals surface area contributed by atoms with Gasteiger partial charge in [0.2, 0.25) is 15.9 Å². The number of rotatable bonds is 5. The summed E-state index contributed by atoms with van der Waals surface area (Å²) >= 11 is 0. The number of nitrogens with one attached hydrogen (secondary N) is 2. The highest BCUT2D eigenvalue weighted by Gasteiger charge is 2.17. The highest BCUT2D eigenvalue weighted by molar-refractivity contribution is 7.89. The SMILES string of the molecule is Cc1ccc(S(=O)(=O)NCC(=O)Nc2ccc3c(=O)n4c(nc3c2)CCC4)cc1. The Hall–Kier alpha value is -3.04. The Morgan fingerprint density at radius 3 is 2.69 bits per heavy atom. The summed E-state index contributed by atoms with van der Waals surface area (Å²) in [5.41, 5.74) is 1.83. The molecule has 3 aromatic rings. The molecule has 1 aromatic heterocycles. The van der Waals surface area contributed by atoms with E-state index in [1.807, 2.05) is 6.92 Å². The van der Waals surface area contributed by atoms with Crippen molar-refractivity contribution in [1.29, 1.82) is 0 Å². The number of nitrogens with zero attached hydrogens (tertiary/aromatic N) is 2. The van der Waals surface area contributed by atoms with Gasteiger partial charge in [0.1, 0.15) is 5.82 Å². The van der Waals surface area contributed by atoms with Crippen molar-refractivity contribution >= 4 is 32.5 Å². The van der Waals surface area contributed by atoms with Crippen LogP contribution in [0.2, 0.25) is 0 Å². The molecule has 0 radical (unpaired) electrons. The summed E-state index contributed by atoms with van der Waals surface area (Å²) in [7, 11) is -3.78. The minimum atomic E-state index is -3.78. The van der Waals surface area contributed by atoms with Gasteiger partial charge in [-0.15, -0.1) is 0 Å². The molecule has 0 atom stereocenters. The highest BCUT2D eigenvalue weighted by atomic mass is 32.2. The number of aryl methyl sites for hydroxylation is 2.